The van der Waals surface area contributed by atoms with Crippen molar-refractivity contribution in [3.8, 4) is 0 Å². The molecule has 0 bridgehead atoms. The summed E-state index contributed by atoms with van der Waals surface area (Å²) in [5.74, 6) is 0.602. The maximum Gasteiger partial charge on any atom is 0.124 e. The normalized spacial score (nSPS) is 12.1. The highest BCUT2D eigenvalue weighted by Gasteiger charge is 2.11. The van der Waals surface area contributed by atoms with Gasteiger partial charge in [0.2, 0.25) is 0 Å². The summed E-state index contributed by atoms with van der Waals surface area (Å²) in [6.45, 7) is 4.45. The van der Waals surface area contributed by atoms with Gasteiger partial charge in [-0.25, -0.2) is 0 Å². The van der Waals surface area contributed by atoms with Gasteiger partial charge in [-0.1, -0.05) is 38.3 Å². The molecule has 82 valence electrons. The Labute approximate surface area is 92.5 Å². The van der Waals surface area contributed by atoms with Crippen molar-refractivity contribution in [1.29, 1.82) is 0 Å². The summed E-state index contributed by atoms with van der Waals surface area (Å²) in [4.78, 5) is 0. The fourth-order valence-corrected chi connectivity index (χ4v) is 1.63. The van der Waals surface area contributed by atoms with E-state index in [1.807, 2.05) is 6.07 Å². The highest BCUT2D eigenvalue weighted by Crippen LogP contribution is 2.23. The topological polar surface area (TPSA) is 26.0 Å². The third kappa shape index (κ3) is 4.14. The fourth-order valence-electron chi connectivity index (χ4n) is 1.63. The summed E-state index contributed by atoms with van der Waals surface area (Å²) in [6, 6.07) is 1.99. The average Bonchev–Trinajstić information content (AvgIpc) is 2.65. The van der Waals surface area contributed by atoms with Crippen molar-refractivity contribution < 1.29 is 4.52 Å². The van der Waals surface area contributed by atoms with Gasteiger partial charge in [0.1, 0.15) is 6.26 Å². The van der Waals surface area contributed by atoms with E-state index >= 15 is 0 Å². The lowest BCUT2D eigenvalue weighted by Crippen LogP contribution is -1.97. The standard InChI is InChI=1S/C11H19NO.ClH/c1-3-5-6-7-10(4-2)11-8-9-13-12-11;/h8-10H,3-7H2,1-2H3;1H. The van der Waals surface area contributed by atoms with Gasteiger partial charge < -0.3 is 4.52 Å². The summed E-state index contributed by atoms with van der Waals surface area (Å²) in [6.07, 6.45) is 8.00. The Morgan fingerprint density at radius 3 is 2.64 bits per heavy atom. The van der Waals surface area contributed by atoms with Gasteiger partial charge in [-0.15, -0.1) is 12.4 Å². The van der Waals surface area contributed by atoms with E-state index in [0.717, 1.165) is 12.1 Å². The van der Waals surface area contributed by atoms with Gasteiger partial charge in [0.15, 0.2) is 0 Å². The van der Waals surface area contributed by atoms with Gasteiger partial charge in [-0.05, 0) is 12.8 Å². The molecule has 0 aromatic carbocycles. The van der Waals surface area contributed by atoms with Gasteiger partial charge in [-0.2, -0.15) is 0 Å². The number of hydrogen-bond donors (Lipinski definition) is 0. The molecule has 2 nitrogen and oxygen atoms in total. The molecule has 0 saturated carbocycles. The van der Waals surface area contributed by atoms with Crippen LogP contribution in [0.2, 0.25) is 0 Å². The molecule has 1 unspecified atom stereocenters. The van der Waals surface area contributed by atoms with Crippen LogP contribution in [-0.4, -0.2) is 5.16 Å². The summed E-state index contributed by atoms with van der Waals surface area (Å²) in [7, 11) is 0. The van der Waals surface area contributed by atoms with Crippen molar-refractivity contribution in [2.45, 2.75) is 51.9 Å². The van der Waals surface area contributed by atoms with Gasteiger partial charge in [-0.3, -0.25) is 0 Å². The Morgan fingerprint density at radius 2 is 2.14 bits per heavy atom. The Kier molecular flexibility index (Phi) is 7.58. The van der Waals surface area contributed by atoms with Crippen molar-refractivity contribution in [2.24, 2.45) is 0 Å². The third-order valence-electron chi connectivity index (χ3n) is 2.52. The minimum absolute atomic E-state index is 0. The molecule has 0 aliphatic carbocycles. The lowest BCUT2D eigenvalue weighted by molar-refractivity contribution is 0.398. The van der Waals surface area contributed by atoms with Crippen molar-refractivity contribution in [3.05, 3.63) is 18.0 Å². The molecule has 14 heavy (non-hydrogen) atoms. The van der Waals surface area contributed by atoms with Gasteiger partial charge in [0, 0.05) is 12.0 Å². The smallest absolute Gasteiger partial charge is 0.124 e. The maximum atomic E-state index is 4.85. The zero-order chi connectivity index (χ0) is 9.52. The predicted molar refractivity (Wildman–Crippen MR) is 60.9 cm³/mol. The van der Waals surface area contributed by atoms with Crippen LogP contribution in [0.4, 0.5) is 0 Å². The van der Waals surface area contributed by atoms with Gasteiger partial charge >= 0.3 is 0 Å². The van der Waals surface area contributed by atoms with E-state index in [0.29, 0.717) is 5.92 Å². The molecule has 0 saturated heterocycles. The molecular weight excluding hydrogens is 198 g/mol. The molecule has 0 fully saturated rings. The highest BCUT2D eigenvalue weighted by molar-refractivity contribution is 5.85. The molecule has 0 aliphatic heterocycles. The minimum Gasteiger partial charge on any atom is -0.365 e. The SMILES string of the molecule is CCCCCC(CC)c1ccon1.Cl. The van der Waals surface area contributed by atoms with Gasteiger partial charge in [0.25, 0.3) is 0 Å². The molecule has 0 amide bonds. The molecule has 1 heterocycles. The Balaban J connectivity index is 0.00000169. The van der Waals surface area contributed by atoms with Crippen LogP contribution in [0.1, 0.15) is 57.6 Å². The number of rotatable bonds is 6. The van der Waals surface area contributed by atoms with Crippen LogP contribution < -0.4 is 0 Å². The fraction of sp³-hybridized carbons (Fsp3) is 0.727. The van der Waals surface area contributed by atoms with Gasteiger partial charge in [0.05, 0.1) is 5.69 Å². The number of unbranched alkanes of at least 4 members (excludes halogenated alkanes) is 2. The Bertz CT molecular complexity index is 211. The van der Waals surface area contributed by atoms with Crippen molar-refractivity contribution in [1.82, 2.24) is 5.16 Å². The number of halogens is 1. The monoisotopic (exact) mass is 217 g/mol. The van der Waals surface area contributed by atoms with E-state index in [1.54, 1.807) is 6.26 Å². The summed E-state index contributed by atoms with van der Waals surface area (Å²) >= 11 is 0. The molecule has 0 radical (unpaired) electrons. The molecule has 0 N–H and O–H groups in total. The number of aromatic nitrogens is 1. The zero-order valence-electron chi connectivity index (χ0n) is 9.03. The molecule has 0 spiro atoms. The first kappa shape index (κ1) is 13.5. The lowest BCUT2D eigenvalue weighted by Gasteiger charge is -2.10. The molecule has 1 aromatic heterocycles. The predicted octanol–water partition coefficient (Wildman–Crippen LogP) is 4.17. The van der Waals surface area contributed by atoms with E-state index in [9.17, 15) is 0 Å². The molecular formula is C11H20ClNO. The maximum absolute atomic E-state index is 4.85. The largest absolute Gasteiger partial charge is 0.365 e. The summed E-state index contributed by atoms with van der Waals surface area (Å²) < 4.78 is 4.85. The Hall–Kier alpha value is -0.500. The van der Waals surface area contributed by atoms with E-state index < -0.39 is 0 Å². The van der Waals surface area contributed by atoms with E-state index in [4.69, 9.17) is 4.52 Å². The van der Waals surface area contributed by atoms with E-state index in [2.05, 4.69) is 19.0 Å². The third-order valence-corrected chi connectivity index (χ3v) is 2.52. The molecule has 1 rings (SSSR count). The van der Waals surface area contributed by atoms with Crippen molar-refractivity contribution in [2.75, 3.05) is 0 Å². The summed E-state index contributed by atoms with van der Waals surface area (Å²) in [5, 5.41) is 3.99. The van der Waals surface area contributed by atoms with Crippen LogP contribution in [0, 0.1) is 0 Å². The lowest BCUT2D eigenvalue weighted by atomic mass is 9.95. The first-order valence-electron chi connectivity index (χ1n) is 5.28. The Morgan fingerprint density at radius 1 is 1.36 bits per heavy atom. The van der Waals surface area contributed by atoms with Crippen molar-refractivity contribution in [3.63, 3.8) is 0 Å². The average molecular weight is 218 g/mol. The summed E-state index contributed by atoms with van der Waals surface area (Å²) in [5.41, 5.74) is 1.12. The number of nitrogens with zero attached hydrogens (tertiary/aromatic N) is 1. The second-order valence-electron chi connectivity index (χ2n) is 3.53. The molecule has 3 heteroatoms. The van der Waals surface area contributed by atoms with Crippen LogP contribution in [0.15, 0.2) is 16.9 Å². The highest BCUT2D eigenvalue weighted by atomic mass is 35.5. The minimum atomic E-state index is 0. The molecule has 1 atom stereocenters. The first-order valence-corrected chi connectivity index (χ1v) is 5.28. The van der Waals surface area contributed by atoms with Crippen LogP contribution in [0.25, 0.3) is 0 Å². The second-order valence-corrected chi connectivity index (χ2v) is 3.53. The first-order chi connectivity index (χ1) is 6.38. The van der Waals surface area contributed by atoms with Crippen LogP contribution >= 0.6 is 12.4 Å². The van der Waals surface area contributed by atoms with Crippen molar-refractivity contribution >= 4 is 12.4 Å². The molecule has 0 aliphatic rings. The second kappa shape index (κ2) is 7.86. The molecule has 1 aromatic rings. The quantitative estimate of drug-likeness (QED) is 0.669. The van der Waals surface area contributed by atoms with Crippen LogP contribution in [-0.2, 0) is 0 Å². The van der Waals surface area contributed by atoms with Crippen LogP contribution in [0.5, 0.6) is 0 Å². The zero-order valence-corrected chi connectivity index (χ0v) is 9.85. The van der Waals surface area contributed by atoms with E-state index in [1.165, 1.54) is 25.7 Å². The van der Waals surface area contributed by atoms with E-state index in [-0.39, 0.29) is 12.4 Å². The van der Waals surface area contributed by atoms with Crippen LogP contribution in [0.3, 0.4) is 0 Å². The number of hydrogen-bond acceptors (Lipinski definition) is 2.